The van der Waals surface area contributed by atoms with Crippen molar-refractivity contribution < 1.29 is 8.42 Å². The highest BCUT2D eigenvalue weighted by molar-refractivity contribution is 7.89. The second kappa shape index (κ2) is 5.95. The Morgan fingerprint density at radius 3 is 2.65 bits per heavy atom. The Morgan fingerprint density at radius 2 is 2.05 bits per heavy atom. The maximum Gasteiger partial charge on any atom is 0.238 e. The zero-order valence-electron chi connectivity index (χ0n) is 11.5. The number of sulfonamides is 1. The number of benzene rings is 1. The third-order valence-electron chi connectivity index (χ3n) is 3.00. The summed E-state index contributed by atoms with van der Waals surface area (Å²) < 4.78 is 22.7. The lowest BCUT2D eigenvalue weighted by molar-refractivity contribution is 0.598. The molecule has 0 saturated heterocycles. The van der Waals surface area contributed by atoms with E-state index in [1.54, 1.807) is 23.5 Å². The molecule has 0 aliphatic carbocycles. The summed E-state index contributed by atoms with van der Waals surface area (Å²) in [5.74, 6) is 0. The minimum atomic E-state index is -3.66. The van der Waals surface area contributed by atoms with Crippen molar-refractivity contribution >= 4 is 27.0 Å². The maximum absolute atomic E-state index is 11.3. The Hall–Kier alpha value is -1.37. The van der Waals surface area contributed by atoms with Crippen LogP contribution in [-0.2, 0) is 16.4 Å². The van der Waals surface area contributed by atoms with E-state index in [0.717, 1.165) is 12.1 Å². The van der Waals surface area contributed by atoms with Crippen LogP contribution in [0, 0.1) is 0 Å². The quantitative estimate of drug-likeness (QED) is 0.891. The molecule has 2 rings (SSSR count). The van der Waals surface area contributed by atoms with Crippen molar-refractivity contribution in [2.75, 3.05) is 5.32 Å². The summed E-state index contributed by atoms with van der Waals surface area (Å²) in [5, 5.41) is 8.43. The smallest absolute Gasteiger partial charge is 0.238 e. The first-order valence-corrected chi connectivity index (χ1v) is 8.74. The molecule has 4 nitrogen and oxygen atoms in total. The number of anilines is 1. The Balaban J connectivity index is 2.17. The molecular weight excluding hydrogens is 292 g/mol. The van der Waals surface area contributed by atoms with Gasteiger partial charge in [0, 0.05) is 15.4 Å². The monoisotopic (exact) mass is 310 g/mol. The van der Waals surface area contributed by atoms with Crippen LogP contribution >= 0.6 is 11.3 Å². The van der Waals surface area contributed by atoms with E-state index in [4.69, 9.17) is 5.14 Å². The number of thiophene rings is 1. The second-order valence-corrected chi connectivity index (χ2v) is 7.36. The maximum atomic E-state index is 11.3. The van der Waals surface area contributed by atoms with Crippen LogP contribution in [0.3, 0.4) is 0 Å². The van der Waals surface area contributed by atoms with E-state index in [9.17, 15) is 8.42 Å². The summed E-state index contributed by atoms with van der Waals surface area (Å²) in [5.41, 5.74) is 0.746. The molecule has 3 N–H and O–H groups in total. The molecule has 0 aliphatic rings. The van der Waals surface area contributed by atoms with Crippen molar-refractivity contribution in [3.05, 3.63) is 46.2 Å². The van der Waals surface area contributed by atoms with Gasteiger partial charge in [0.1, 0.15) is 0 Å². The highest BCUT2D eigenvalue weighted by Gasteiger charge is 2.11. The minimum absolute atomic E-state index is 0.120. The van der Waals surface area contributed by atoms with Crippen LogP contribution in [0.2, 0.25) is 0 Å². The van der Waals surface area contributed by atoms with Crippen LogP contribution in [0.1, 0.15) is 29.6 Å². The van der Waals surface area contributed by atoms with E-state index in [2.05, 4.69) is 31.3 Å². The fourth-order valence-corrected chi connectivity index (χ4v) is 3.42. The fourth-order valence-electron chi connectivity index (χ4n) is 1.90. The average molecular weight is 310 g/mol. The summed E-state index contributed by atoms with van der Waals surface area (Å²) in [6, 6.07) is 10.9. The van der Waals surface area contributed by atoms with Gasteiger partial charge in [-0.2, -0.15) is 0 Å². The van der Waals surface area contributed by atoms with E-state index in [-0.39, 0.29) is 10.9 Å². The van der Waals surface area contributed by atoms with Gasteiger partial charge in [-0.3, -0.25) is 0 Å². The highest BCUT2D eigenvalue weighted by atomic mass is 32.2. The van der Waals surface area contributed by atoms with Gasteiger partial charge in [0.25, 0.3) is 0 Å². The lowest BCUT2D eigenvalue weighted by Gasteiger charge is -2.14. The molecular formula is C14H18N2O2S2. The predicted molar refractivity (Wildman–Crippen MR) is 83.5 cm³/mol. The molecule has 20 heavy (non-hydrogen) atoms. The molecule has 108 valence electrons. The van der Waals surface area contributed by atoms with Crippen LogP contribution in [0.5, 0.6) is 0 Å². The molecule has 6 heteroatoms. The number of nitrogens with two attached hydrogens (primary N) is 1. The normalized spacial score (nSPS) is 13.2. The number of hydrogen-bond acceptors (Lipinski definition) is 4. The number of primary sulfonamides is 1. The van der Waals surface area contributed by atoms with Gasteiger partial charge in [0.2, 0.25) is 10.0 Å². The molecule has 1 aromatic carbocycles. The van der Waals surface area contributed by atoms with E-state index < -0.39 is 10.0 Å². The Bertz CT molecular complexity index is 693. The lowest BCUT2D eigenvalue weighted by atomic mass is 10.2. The molecule has 1 heterocycles. The zero-order valence-corrected chi connectivity index (χ0v) is 13.1. The number of rotatable bonds is 5. The molecule has 0 fully saturated rings. The van der Waals surface area contributed by atoms with Crippen molar-refractivity contribution in [2.24, 2.45) is 5.14 Å². The van der Waals surface area contributed by atoms with Crippen LogP contribution in [0.25, 0.3) is 0 Å². The summed E-state index contributed by atoms with van der Waals surface area (Å²) in [6.45, 7) is 4.18. The predicted octanol–water partition coefficient (Wildman–Crippen LogP) is 3.13. The SMILES string of the molecule is CCc1ccc(C(C)Nc2cccc(S(N)(=O)=O)c2)s1. The van der Waals surface area contributed by atoms with Crippen molar-refractivity contribution in [3.8, 4) is 0 Å². The molecule has 2 aromatic rings. The lowest BCUT2D eigenvalue weighted by Crippen LogP contribution is -2.13. The molecule has 0 spiro atoms. The van der Waals surface area contributed by atoms with Gasteiger partial charge in [-0.25, -0.2) is 13.6 Å². The van der Waals surface area contributed by atoms with E-state index in [0.29, 0.717) is 0 Å². The Morgan fingerprint density at radius 1 is 1.30 bits per heavy atom. The van der Waals surface area contributed by atoms with Gasteiger partial charge in [0.15, 0.2) is 0 Å². The molecule has 1 aromatic heterocycles. The van der Waals surface area contributed by atoms with Crippen molar-refractivity contribution in [1.29, 1.82) is 0 Å². The Labute approximate surface area is 123 Å². The largest absolute Gasteiger partial charge is 0.378 e. The third kappa shape index (κ3) is 3.59. The van der Waals surface area contributed by atoms with E-state index >= 15 is 0 Å². The minimum Gasteiger partial charge on any atom is -0.378 e. The first kappa shape index (κ1) is 15.0. The molecule has 0 saturated carbocycles. The van der Waals surface area contributed by atoms with Gasteiger partial charge in [-0.15, -0.1) is 11.3 Å². The molecule has 0 amide bonds. The van der Waals surface area contributed by atoms with Crippen LogP contribution in [0.15, 0.2) is 41.3 Å². The van der Waals surface area contributed by atoms with Crippen molar-refractivity contribution in [2.45, 2.75) is 31.2 Å². The first-order chi connectivity index (χ1) is 9.40. The average Bonchev–Trinajstić information content (AvgIpc) is 2.87. The van der Waals surface area contributed by atoms with Gasteiger partial charge >= 0.3 is 0 Å². The zero-order chi connectivity index (χ0) is 14.8. The molecule has 1 atom stereocenters. The highest BCUT2D eigenvalue weighted by Crippen LogP contribution is 2.27. The summed E-state index contributed by atoms with van der Waals surface area (Å²) in [4.78, 5) is 2.69. The molecule has 0 radical (unpaired) electrons. The summed E-state index contributed by atoms with van der Waals surface area (Å²) in [7, 11) is -3.66. The fraction of sp³-hybridized carbons (Fsp3) is 0.286. The van der Waals surface area contributed by atoms with Gasteiger partial charge in [0.05, 0.1) is 10.9 Å². The van der Waals surface area contributed by atoms with Gasteiger partial charge in [-0.05, 0) is 43.7 Å². The van der Waals surface area contributed by atoms with Crippen molar-refractivity contribution in [3.63, 3.8) is 0 Å². The second-order valence-electron chi connectivity index (χ2n) is 4.60. The number of aryl methyl sites for hydroxylation is 1. The molecule has 0 bridgehead atoms. The standard InChI is InChI=1S/C14H18N2O2S2/c1-3-12-7-8-14(19-12)10(2)16-11-5-4-6-13(9-11)20(15,17)18/h4-10,16H,3H2,1-2H3,(H2,15,17,18). The molecule has 1 unspecified atom stereocenters. The summed E-state index contributed by atoms with van der Waals surface area (Å²) >= 11 is 1.76. The summed E-state index contributed by atoms with van der Waals surface area (Å²) in [6.07, 6.45) is 1.03. The third-order valence-corrected chi connectivity index (χ3v) is 5.33. The van der Waals surface area contributed by atoms with Gasteiger partial charge in [-0.1, -0.05) is 13.0 Å². The first-order valence-electron chi connectivity index (χ1n) is 6.38. The molecule has 0 aliphatic heterocycles. The Kier molecular flexibility index (Phi) is 4.47. The van der Waals surface area contributed by atoms with Crippen molar-refractivity contribution in [1.82, 2.24) is 0 Å². The van der Waals surface area contributed by atoms with E-state index in [1.807, 2.05) is 6.07 Å². The topological polar surface area (TPSA) is 72.2 Å². The van der Waals surface area contributed by atoms with Crippen LogP contribution in [-0.4, -0.2) is 8.42 Å². The number of nitrogens with one attached hydrogen (secondary N) is 1. The van der Waals surface area contributed by atoms with Crippen LogP contribution < -0.4 is 10.5 Å². The van der Waals surface area contributed by atoms with Crippen LogP contribution in [0.4, 0.5) is 5.69 Å². The van der Waals surface area contributed by atoms with Gasteiger partial charge < -0.3 is 5.32 Å². The number of hydrogen-bond donors (Lipinski definition) is 2. The van der Waals surface area contributed by atoms with E-state index in [1.165, 1.54) is 15.8 Å².